The first-order valence-electron chi connectivity index (χ1n) is 7.38. The number of carbonyl (C=O) groups is 1. The van der Waals surface area contributed by atoms with Crippen LogP contribution in [0, 0.1) is 12.7 Å². The third-order valence-electron chi connectivity index (χ3n) is 3.33. The van der Waals surface area contributed by atoms with Crippen LogP contribution in [0.3, 0.4) is 0 Å². The van der Waals surface area contributed by atoms with E-state index in [2.05, 4.69) is 15.5 Å². The average Bonchev–Trinajstić information content (AvgIpc) is 3.04. The van der Waals surface area contributed by atoms with Crippen molar-refractivity contribution in [3.8, 4) is 5.69 Å². The van der Waals surface area contributed by atoms with Crippen molar-refractivity contribution in [3.63, 3.8) is 0 Å². The van der Waals surface area contributed by atoms with Crippen LogP contribution in [0.1, 0.15) is 5.56 Å². The van der Waals surface area contributed by atoms with Gasteiger partial charge in [-0.15, -0.1) is 10.2 Å². The van der Waals surface area contributed by atoms with Crippen LogP contribution in [0.5, 0.6) is 0 Å². The first-order chi connectivity index (χ1) is 12.0. The van der Waals surface area contributed by atoms with Gasteiger partial charge in [-0.1, -0.05) is 35.5 Å². The summed E-state index contributed by atoms with van der Waals surface area (Å²) in [6.07, 6.45) is 1.55. The molecule has 1 amide bonds. The van der Waals surface area contributed by atoms with Crippen molar-refractivity contribution in [2.24, 2.45) is 0 Å². The Labute approximate surface area is 153 Å². The molecule has 128 valence electrons. The summed E-state index contributed by atoms with van der Waals surface area (Å²) in [5.74, 6) is -0.708. The summed E-state index contributed by atoms with van der Waals surface area (Å²) in [7, 11) is 0. The Bertz CT molecular complexity index is 915. The van der Waals surface area contributed by atoms with Crippen molar-refractivity contribution in [1.82, 2.24) is 14.8 Å². The number of aryl methyl sites for hydroxylation is 1. The molecule has 1 aromatic heterocycles. The van der Waals surface area contributed by atoms with Gasteiger partial charge in [-0.2, -0.15) is 0 Å². The lowest BCUT2D eigenvalue weighted by atomic mass is 10.2. The minimum Gasteiger partial charge on any atom is -0.323 e. The fourth-order valence-corrected chi connectivity index (χ4v) is 3.08. The minimum absolute atomic E-state index is 0.0760. The van der Waals surface area contributed by atoms with Crippen molar-refractivity contribution in [1.29, 1.82) is 0 Å². The maximum absolute atomic E-state index is 13.8. The van der Waals surface area contributed by atoms with Crippen molar-refractivity contribution in [2.45, 2.75) is 12.1 Å². The summed E-state index contributed by atoms with van der Waals surface area (Å²) in [6, 6.07) is 11.9. The molecule has 0 atom stereocenters. The van der Waals surface area contributed by atoms with Crippen LogP contribution in [-0.4, -0.2) is 26.4 Å². The van der Waals surface area contributed by atoms with Crippen LogP contribution in [0.15, 0.2) is 53.9 Å². The number of halogens is 2. The largest absolute Gasteiger partial charge is 0.323 e. The Hall–Kier alpha value is -2.38. The highest BCUT2D eigenvalue weighted by Crippen LogP contribution is 2.22. The van der Waals surface area contributed by atoms with Crippen molar-refractivity contribution in [3.05, 3.63) is 65.2 Å². The quantitative estimate of drug-likeness (QED) is 0.681. The van der Waals surface area contributed by atoms with Crippen LogP contribution in [0.4, 0.5) is 10.1 Å². The van der Waals surface area contributed by atoms with Gasteiger partial charge >= 0.3 is 0 Å². The summed E-state index contributed by atoms with van der Waals surface area (Å²) in [5, 5.41) is 11.6. The second-order valence-corrected chi connectivity index (χ2v) is 6.66. The molecular weight excluding hydrogens is 363 g/mol. The topological polar surface area (TPSA) is 59.8 Å². The summed E-state index contributed by atoms with van der Waals surface area (Å²) < 4.78 is 15.5. The first-order valence-corrected chi connectivity index (χ1v) is 8.74. The maximum atomic E-state index is 13.8. The Balaban J connectivity index is 1.66. The lowest BCUT2D eigenvalue weighted by Gasteiger charge is -2.08. The number of hydrogen-bond acceptors (Lipinski definition) is 4. The third kappa shape index (κ3) is 4.37. The molecule has 0 aliphatic carbocycles. The van der Waals surface area contributed by atoms with Gasteiger partial charge in [0, 0.05) is 5.02 Å². The molecule has 1 N–H and O–H groups in total. The Morgan fingerprint density at radius 1 is 1.32 bits per heavy atom. The van der Waals surface area contributed by atoms with E-state index in [-0.39, 0.29) is 17.3 Å². The highest BCUT2D eigenvalue weighted by atomic mass is 35.5. The van der Waals surface area contributed by atoms with Gasteiger partial charge in [0.1, 0.15) is 12.1 Å². The molecule has 25 heavy (non-hydrogen) atoms. The Morgan fingerprint density at radius 2 is 2.16 bits per heavy atom. The SMILES string of the molecule is Cc1ccc(NC(=O)CSc2nncn2-c2cccc(Cl)c2)c(F)c1. The zero-order valence-corrected chi connectivity index (χ0v) is 14.8. The number of amides is 1. The average molecular weight is 377 g/mol. The summed E-state index contributed by atoms with van der Waals surface area (Å²) >= 11 is 7.20. The van der Waals surface area contributed by atoms with E-state index in [0.29, 0.717) is 10.2 Å². The Kier molecular flexibility index (Phi) is 5.35. The van der Waals surface area contributed by atoms with E-state index < -0.39 is 5.82 Å². The smallest absolute Gasteiger partial charge is 0.234 e. The molecule has 0 aliphatic rings. The molecule has 0 saturated carbocycles. The number of nitrogens with one attached hydrogen (secondary N) is 1. The van der Waals surface area contributed by atoms with Gasteiger partial charge < -0.3 is 5.32 Å². The molecular formula is C17H14ClFN4OS. The van der Waals surface area contributed by atoms with Crippen LogP contribution in [0.2, 0.25) is 5.02 Å². The molecule has 0 bridgehead atoms. The number of aromatic nitrogens is 3. The molecule has 0 saturated heterocycles. The molecule has 1 heterocycles. The maximum Gasteiger partial charge on any atom is 0.234 e. The van der Waals surface area contributed by atoms with Crippen molar-refractivity contribution >= 4 is 35.0 Å². The third-order valence-corrected chi connectivity index (χ3v) is 4.51. The molecule has 5 nitrogen and oxygen atoms in total. The zero-order chi connectivity index (χ0) is 17.8. The number of thioether (sulfide) groups is 1. The lowest BCUT2D eigenvalue weighted by molar-refractivity contribution is -0.113. The van der Waals surface area contributed by atoms with Gasteiger partial charge in [0.05, 0.1) is 17.1 Å². The van der Waals surface area contributed by atoms with Gasteiger partial charge in [-0.05, 0) is 42.8 Å². The lowest BCUT2D eigenvalue weighted by Crippen LogP contribution is -2.15. The second-order valence-electron chi connectivity index (χ2n) is 5.28. The molecule has 0 radical (unpaired) electrons. The number of benzene rings is 2. The highest BCUT2D eigenvalue weighted by Gasteiger charge is 2.12. The number of anilines is 1. The number of nitrogens with zero attached hydrogens (tertiary/aromatic N) is 3. The molecule has 0 unspecified atom stereocenters. The number of rotatable bonds is 5. The van der Waals surface area contributed by atoms with E-state index in [1.807, 2.05) is 12.1 Å². The minimum atomic E-state index is -0.458. The van der Waals surface area contributed by atoms with Crippen LogP contribution < -0.4 is 5.32 Å². The van der Waals surface area contributed by atoms with Gasteiger partial charge in [0.15, 0.2) is 5.16 Å². The van der Waals surface area contributed by atoms with E-state index in [4.69, 9.17) is 11.6 Å². The van der Waals surface area contributed by atoms with Crippen molar-refractivity contribution in [2.75, 3.05) is 11.1 Å². The van der Waals surface area contributed by atoms with E-state index in [1.165, 1.54) is 17.8 Å². The fourth-order valence-electron chi connectivity index (χ4n) is 2.16. The van der Waals surface area contributed by atoms with Crippen molar-refractivity contribution < 1.29 is 9.18 Å². The highest BCUT2D eigenvalue weighted by molar-refractivity contribution is 7.99. The van der Waals surface area contributed by atoms with E-state index >= 15 is 0 Å². The van der Waals surface area contributed by atoms with Crippen LogP contribution in [0.25, 0.3) is 5.69 Å². The van der Waals surface area contributed by atoms with Gasteiger partial charge in [0.25, 0.3) is 0 Å². The molecule has 0 fully saturated rings. The van der Waals surface area contributed by atoms with E-state index in [0.717, 1.165) is 11.3 Å². The number of carbonyl (C=O) groups excluding carboxylic acids is 1. The molecule has 0 aliphatic heterocycles. The molecule has 2 aromatic carbocycles. The first kappa shape index (κ1) is 17.4. The van der Waals surface area contributed by atoms with E-state index in [1.54, 1.807) is 42.1 Å². The van der Waals surface area contributed by atoms with E-state index in [9.17, 15) is 9.18 Å². The Morgan fingerprint density at radius 3 is 2.92 bits per heavy atom. The normalized spacial score (nSPS) is 10.7. The zero-order valence-electron chi connectivity index (χ0n) is 13.2. The standard InChI is InChI=1S/C17H14ClFN4OS/c1-11-5-6-15(14(19)7-11)21-16(24)9-25-17-22-20-10-23(17)13-4-2-3-12(18)8-13/h2-8,10H,9H2,1H3,(H,21,24). The molecule has 8 heteroatoms. The van der Waals surface area contributed by atoms with Gasteiger partial charge in [0.2, 0.25) is 5.91 Å². The van der Waals surface area contributed by atoms with Gasteiger partial charge in [-0.25, -0.2) is 4.39 Å². The summed E-state index contributed by atoms with van der Waals surface area (Å²) in [5.41, 5.74) is 1.75. The predicted molar refractivity (Wildman–Crippen MR) is 96.9 cm³/mol. The van der Waals surface area contributed by atoms with Crippen LogP contribution in [-0.2, 0) is 4.79 Å². The number of hydrogen-bond donors (Lipinski definition) is 1. The second kappa shape index (κ2) is 7.67. The fraction of sp³-hybridized carbons (Fsp3) is 0.118. The van der Waals surface area contributed by atoms with Crippen LogP contribution >= 0.6 is 23.4 Å². The summed E-state index contributed by atoms with van der Waals surface area (Å²) in [6.45, 7) is 1.78. The molecule has 0 spiro atoms. The molecule has 3 rings (SSSR count). The summed E-state index contributed by atoms with van der Waals surface area (Å²) in [4.78, 5) is 12.1. The predicted octanol–water partition coefficient (Wildman–Crippen LogP) is 4.10. The molecule has 3 aromatic rings. The monoisotopic (exact) mass is 376 g/mol. The van der Waals surface area contributed by atoms with Gasteiger partial charge in [-0.3, -0.25) is 9.36 Å².